The predicted molar refractivity (Wildman–Crippen MR) is 45.1 cm³/mol. The summed E-state index contributed by atoms with van der Waals surface area (Å²) in [5.74, 6) is 1.31. The van der Waals surface area contributed by atoms with Crippen molar-refractivity contribution in [2.75, 3.05) is 0 Å². The SMILES string of the molecule is CC(C)CCn1ccc([NH2+]O)n1. The summed E-state index contributed by atoms with van der Waals surface area (Å²) in [5, 5.41) is 12.7. The van der Waals surface area contributed by atoms with Crippen LogP contribution in [0.1, 0.15) is 20.3 Å². The molecule has 0 aliphatic heterocycles. The Morgan fingerprint density at radius 2 is 2.42 bits per heavy atom. The van der Waals surface area contributed by atoms with Crippen LogP contribution in [0.5, 0.6) is 0 Å². The van der Waals surface area contributed by atoms with Gasteiger partial charge in [-0.05, 0) is 12.3 Å². The van der Waals surface area contributed by atoms with Crippen LogP contribution in [-0.2, 0) is 6.54 Å². The highest BCUT2D eigenvalue weighted by Crippen LogP contribution is 2.02. The van der Waals surface area contributed by atoms with Gasteiger partial charge < -0.3 is 0 Å². The first-order valence-corrected chi connectivity index (χ1v) is 4.23. The third kappa shape index (κ3) is 2.64. The van der Waals surface area contributed by atoms with Gasteiger partial charge in [0.15, 0.2) is 0 Å². The van der Waals surface area contributed by atoms with Gasteiger partial charge >= 0.3 is 0 Å². The molecule has 68 valence electrons. The van der Waals surface area contributed by atoms with E-state index in [9.17, 15) is 0 Å². The lowest BCUT2D eigenvalue weighted by Gasteiger charge is -2.03. The first kappa shape index (κ1) is 9.22. The summed E-state index contributed by atoms with van der Waals surface area (Å²) in [6.45, 7) is 5.29. The molecule has 0 aliphatic rings. The van der Waals surface area contributed by atoms with Crippen LogP contribution in [0, 0.1) is 5.92 Å². The molecule has 0 atom stereocenters. The summed E-state index contributed by atoms with van der Waals surface area (Å²) in [6.07, 6.45) is 3.00. The molecule has 0 amide bonds. The zero-order chi connectivity index (χ0) is 8.97. The molecule has 0 bridgehead atoms. The second-order valence-corrected chi connectivity index (χ2v) is 3.32. The maximum absolute atomic E-state index is 8.63. The molecule has 0 aromatic carbocycles. The predicted octanol–water partition coefficient (Wildman–Crippen LogP) is 0.513. The van der Waals surface area contributed by atoms with Crippen molar-refractivity contribution in [3.05, 3.63) is 12.3 Å². The number of hydrogen-bond donors (Lipinski definition) is 2. The first-order valence-electron chi connectivity index (χ1n) is 4.23. The second-order valence-electron chi connectivity index (χ2n) is 3.32. The van der Waals surface area contributed by atoms with Crippen LogP contribution in [0.3, 0.4) is 0 Å². The Hall–Kier alpha value is -0.870. The normalized spacial score (nSPS) is 11.0. The number of hydrogen-bond acceptors (Lipinski definition) is 2. The van der Waals surface area contributed by atoms with Crippen molar-refractivity contribution in [1.82, 2.24) is 9.78 Å². The van der Waals surface area contributed by atoms with Gasteiger partial charge in [-0.1, -0.05) is 13.8 Å². The molecule has 12 heavy (non-hydrogen) atoms. The van der Waals surface area contributed by atoms with Crippen LogP contribution < -0.4 is 5.48 Å². The molecule has 1 aromatic heterocycles. The molecule has 1 rings (SSSR count). The van der Waals surface area contributed by atoms with E-state index in [2.05, 4.69) is 18.9 Å². The minimum Gasteiger partial charge on any atom is -0.267 e. The fraction of sp³-hybridized carbons (Fsp3) is 0.625. The Labute approximate surface area is 72.2 Å². The van der Waals surface area contributed by atoms with E-state index in [1.165, 1.54) is 0 Å². The van der Waals surface area contributed by atoms with Gasteiger partial charge in [0.05, 0.1) is 0 Å². The second kappa shape index (κ2) is 4.23. The molecule has 0 saturated heterocycles. The highest BCUT2D eigenvalue weighted by atomic mass is 16.5. The summed E-state index contributed by atoms with van der Waals surface area (Å²) in [5.41, 5.74) is 1.02. The van der Waals surface area contributed by atoms with Gasteiger partial charge in [-0.2, -0.15) is 5.48 Å². The molecule has 0 saturated carbocycles. The maximum atomic E-state index is 8.63. The zero-order valence-corrected chi connectivity index (χ0v) is 7.57. The highest BCUT2D eigenvalue weighted by Gasteiger charge is 2.01. The molecule has 0 fully saturated rings. The third-order valence-electron chi connectivity index (χ3n) is 1.73. The summed E-state index contributed by atoms with van der Waals surface area (Å²) in [4.78, 5) is 0. The van der Waals surface area contributed by atoms with E-state index in [0.29, 0.717) is 11.7 Å². The van der Waals surface area contributed by atoms with Gasteiger partial charge in [0.1, 0.15) is 0 Å². The molecule has 1 aromatic rings. The average Bonchev–Trinajstić information content (AvgIpc) is 2.48. The number of aryl methyl sites for hydroxylation is 1. The van der Waals surface area contributed by atoms with Crippen molar-refractivity contribution in [3.63, 3.8) is 0 Å². The van der Waals surface area contributed by atoms with Crippen LogP contribution >= 0.6 is 0 Å². The van der Waals surface area contributed by atoms with Crippen LogP contribution in [0.15, 0.2) is 12.3 Å². The molecular weight excluding hydrogens is 154 g/mol. The maximum Gasteiger partial charge on any atom is 0.275 e. The smallest absolute Gasteiger partial charge is 0.267 e. The van der Waals surface area contributed by atoms with Gasteiger partial charge in [0.25, 0.3) is 5.82 Å². The molecule has 4 heteroatoms. The summed E-state index contributed by atoms with van der Waals surface area (Å²) in [6, 6.07) is 1.79. The molecule has 0 radical (unpaired) electrons. The van der Waals surface area contributed by atoms with Gasteiger partial charge in [-0.15, -0.1) is 5.10 Å². The summed E-state index contributed by atoms with van der Waals surface area (Å²) >= 11 is 0. The summed E-state index contributed by atoms with van der Waals surface area (Å²) in [7, 11) is 0. The van der Waals surface area contributed by atoms with Gasteiger partial charge in [-0.25, -0.2) is 5.21 Å². The van der Waals surface area contributed by atoms with Crippen molar-refractivity contribution in [2.24, 2.45) is 5.92 Å². The molecule has 1 heterocycles. The van der Waals surface area contributed by atoms with E-state index in [1.807, 2.05) is 10.9 Å². The molecule has 0 aliphatic carbocycles. The molecule has 3 N–H and O–H groups in total. The van der Waals surface area contributed by atoms with E-state index >= 15 is 0 Å². The number of aromatic nitrogens is 2. The fourth-order valence-electron chi connectivity index (χ4n) is 0.961. The first-order chi connectivity index (χ1) is 5.72. The minimum atomic E-state index is 0.624. The van der Waals surface area contributed by atoms with E-state index < -0.39 is 0 Å². The van der Waals surface area contributed by atoms with Crippen LogP contribution in [0.25, 0.3) is 0 Å². The number of quaternary nitrogens is 1. The van der Waals surface area contributed by atoms with E-state index in [0.717, 1.165) is 18.4 Å². The average molecular weight is 170 g/mol. The lowest BCUT2D eigenvalue weighted by molar-refractivity contribution is -0.828. The fourth-order valence-corrected chi connectivity index (χ4v) is 0.961. The van der Waals surface area contributed by atoms with Crippen LogP contribution in [0.2, 0.25) is 0 Å². The van der Waals surface area contributed by atoms with Crippen LogP contribution in [0.4, 0.5) is 5.82 Å². The Kier molecular flexibility index (Phi) is 3.25. The van der Waals surface area contributed by atoms with Gasteiger partial charge in [-0.3, -0.25) is 4.68 Å². The summed E-state index contributed by atoms with van der Waals surface area (Å²) < 4.78 is 1.85. The molecule has 4 nitrogen and oxygen atoms in total. The largest absolute Gasteiger partial charge is 0.275 e. The van der Waals surface area contributed by atoms with Crippen LogP contribution in [-0.4, -0.2) is 15.0 Å². The quantitative estimate of drug-likeness (QED) is 0.647. The van der Waals surface area contributed by atoms with Crippen molar-refractivity contribution in [2.45, 2.75) is 26.8 Å². The Bertz CT molecular complexity index is 232. The monoisotopic (exact) mass is 170 g/mol. The lowest BCUT2D eigenvalue weighted by atomic mass is 10.1. The Balaban J connectivity index is 2.41. The van der Waals surface area contributed by atoms with Crippen molar-refractivity contribution < 1.29 is 10.7 Å². The van der Waals surface area contributed by atoms with E-state index in [4.69, 9.17) is 5.21 Å². The van der Waals surface area contributed by atoms with Crippen molar-refractivity contribution in [3.8, 4) is 0 Å². The topological polar surface area (TPSA) is 54.7 Å². The van der Waals surface area contributed by atoms with E-state index in [1.54, 1.807) is 6.07 Å². The molecule has 0 spiro atoms. The number of nitrogens with two attached hydrogens (primary N) is 1. The Morgan fingerprint density at radius 3 is 2.92 bits per heavy atom. The number of nitrogens with zero attached hydrogens (tertiary/aromatic N) is 2. The Morgan fingerprint density at radius 1 is 1.67 bits per heavy atom. The standard InChI is InChI=1S/C8H15N3O/c1-7(2)3-5-11-6-4-8(9-11)10-12/h4,6-7,12H,3,5H2,1-2H3,(H,9,10)/p+1. The number of rotatable bonds is 4. The minimum absolute atomic E-state index is 0.624. The zero-order valence-electron chi connectivity index (χ0n) is 7.57. The van der Waals surface area contributed by atoms with Gasteiger partial charge in [0, 0.05) is 18.8 Å². The lowest BCUT2D eigenvalue weighted by Crippen LogP contribution is -2.74. The van der Waals surface area contributed by atoms with Crippen molar-refractivity contribution in [1.29, 1.82) is 0 Å². The highest BCUT2D eigenvalue weighted by molar-refractivity contribution is 5.11. The molecular formula is C8H16N3O+. The van der Waals surface area contributed by atoms with Crippen molar-refractivity contribution >= 4 is 5.82 Å². The third-order valence-corrected chi connectivity index (χ3v) is 1.73. The molecule has 0 unspecified atom stereocenters. The van der Waals surface area contributed by atoms with Gasteiger partial charge in [0.2, 0.25) is 0 Å². The van der Waals surface area contributed by atoms with E-state index in [-0.39, 0.29) is 0 Å².